The molecule has 0 radical (unpaired) electrons. The molecule has 0 aliphatic carbocycles. The zero-order chi connectivity index (χ0) is 19.1. The smallest absolute Gasteiger partial charge is 0.343 e. The molecule has 0 N–H and O–H groups in total. The van der Waals surface area contributed by atoms with Crippen LogP contribution in [0.5, 0.6) is 0 Å². The summed E-state index contributed by atoms with van der Waals surface area (Å²) >= 11 is 1.41. The molecule has 140 valence electrons. The molecule has 1 fully saturated rings. The number of thioether (sulfide) groups is 1. The first-order chi connectivity index (χ1) is 13.7. The number of para-hydroxylation sites is 2. The van der Waals surface area contributed by atoms with E-state index in [9.17, 15) is 9.59 Å². The van der Waals surface area contributed by atoms with E-state index in [1.165, 1.54) is 11.8 Å². The van der Waals surface area contributed by atoms with Crippen molar-refractivity contribution in [1.82, 2.24) is 9.78 Å². The Morgan fingerprint density at radius 2 is 1.93 bits per heavy atom. The predicted octanol–water partition coefficient (Wildman–Crippen LogP) is 3.54. The summed E-state index contributed by atoms with van der Waals surface area (Å²) in [6, 6.07) is 17.3. The maximum Gasteiger partial charge on any atom is 0.343 e. The first kappa shape index (κ1) is 17.1. The van der Waals surface area contributed by atoms with E-state index in [0.29, 0.717) is 12.8 Å². The third-order valence-corrected chi connectivity index (χ3v) is 6.48. The summed E-state index contributed by atoms with van der Waals surface area (Å²) in [5.74, 6) is -0.418. The van der Waals surface area contributed by atoms with Crippen LogP contribution in [-0.2, 0) is 20.9 Å². The Balaban J connectivity index is 1.34. The van der Waals surface area contributed by atoms with Gasteiger partial charge in [-0.05, 0) is 24.3 Å². The van der Waals surface area contributed by atoms with E-state index in [1.807, 2.05) is 60.8 Å². The highest BCUT2D eigenvalue weighted by Crippen LogP contribution is 2.56. The molecule has 3 heterocycles. The molecule has 1 amide bonds. The van der Waals surface area contributed by atoms with Crippen molar-refractivity contribution in [3.63, 3.8) is 0 Å². The second kappa shape index (κ2) is 6.53. The predicted molar refractivity (Wildman–Crippen MR) is 105 cm³/mol. The van der Waals surface area contributed by atoms with Crippen LogP contribution in [0, 0.1) is 0 Å². The molecular weight excluding hydrogens is 374 g/mol. The van der Waals surface area contributed by atoms with Crippen molar-refractivity contribution < 1.29 is 14.3 Å². The standard InChI is InChI=1S/C21H17N3O3S/c25-19-10-11-21(24(19)17-8-4-5-9-18(17)28-21)20(26)27-14-15-12-22-23(13-15)16-6-2-1-3-7-16/h1-9,12-13H,10-11,14H2/t21-/m1/s1. The lowest BCUT2D eigenvalue weighted by Gasteiger charge is -2.28. The van der Waals surface area contributed by atoms with Crippen molar-refractivity contribution in [2.75, 3.05) is 4.90 Å². The average Bonchev–Trinajstić information content (AvgIpc) is 3.41. The number of esters is 1. The van der Waals surface area contributed by atoms with Gasteiger partial charge in [-0.2, -0.15) is 5.10 Å². The number of ether oxygens (including phenoxy) is 1. The van der Waals surface area contributed by atoms with Gasteiger partial charge in [-0.25, -0.2) is 9.48 Å². The molecule has 0 saturated carbocycles. The Morgan fingerprint density at radius 3 is 2.79 bits per heavy atom. The maximum absolute atomic E-state index is 13.0. The number of aromatic nitrogens is 2. The summed E-state index contributed by atoms with van der Waals surface area (Å²) in [7, 11) is 0. The molecule has 0 unspecified atom stereocenters. The molecule has 1 aromatic heterocycles. The summed E-state index contributed by atoms with van der Waals surface area (Å²) in [4.78, 5) is 27.1. The quantitative estimate of drug-likeness (QED) is 0.637. The number of nitrogens with zero attached hydrogens (tertiary/aromatic N) is 3. The Hall–Kier alpha value is -3.06. The number of fused-ring (bicyclic) bond motifs is 3. The number of carbonyl (C=O) groups excluding carboxylic acids is 2. The van der Waals surface area contributed by atoms with Crippen LogP contribution in [0.2, 0.25) is 0 Å². The molecule has 0 bridgehead atoms. The van der Waals surface area contributed by atoms with Crippen molar-refractivity contribution in [1.29, 1.82) is 0 Å². The summed E-state index contributed by atoms with van der Waals surface area (Å²) in [5.41, 5.74) is 2.53. The van der Waals surface area contributed by atoms with Crippen molar-refractivity contribution in [2.24, 2.45) is 0 Å². The van der Waals surface area contributed by atoms with E-state index < -0.39 is 4.87 Å². The van der Waals surface area contributed by atoms with Gasteiger partial charge in [-0.15, -0.1) is 0 Å². The summed E-state index contributed by atoms with van der Waals surface area (Å²) in [5, 5.41) is 4.33. The van der Waals surface area contributed by atoms with Gasteiger partial charge in [0.05, 0.1) is 17.6 Å². The SMILES string of the molecule is O=C1CC[C@]2(C(=O)OCc3cnn(-c4ccccc4)c3)Sc3ccccc3N12. The van der Waals surface area contributed by atoms with Crippen LogP contribution in [0.15, 0.2) is 71.9 Å². The van der Waals surface area contributed by atoms with Gasteiger partial charge >= 0.3 is 5.97 Å². The van der Waals surface area contributed by atoms with Crippen LogP contribution in [0.4, 0.5) is 5.69 Å². The molecule has 1 atom stereocenters. The molecule has 2 aromatic carbocycles. The van der Waals surface area contributed by atoms with E-state index in [2.05, 4.69) is 5.10 Å². The highest BCUT2D eigenvalue weighted by Gasteiger charge is 2.58. The van der Waals surface area contributed by atoms with Crippen LogP contribution in [-0.4, -0.2) is 26.5 Å². The molecule has 3 aromatic rings. The van der Waals surface area contributed by atoms with E-state index in [1.54, 1.807) is 15.8 Å². The van der Waals surface area contributed by atoms with Gasteiger partial charge in [0, 0.05) is 29.5 Å². The van der Waals surface area contributed by atoms with Crippen LogP contribution >= 0.6 is 11.8 Å². The lowest BCUT2D eigenvalue weighted by molar-refractivity contribution is -0.148. The summed E-state index contributed by atoms with van der Waals surface area (Å²) < 4.78 is 7.38. The monoisotopic (exact) mass is 391 g/mol. The largest absolute Gasteiger partial charge is 0.458 e. The fourth-order valence-electron chi connectivity index (χ4n) is 3.69. The number of benzene rings is 2. The van der Waals surface area contributed by atoms with Crippen molar-refractivity contribution in [3.05, 3.63) is 72.6 Å². The van der Waals surface area contributed by atoms with Gasteiger partial charge in [0.2, 0.25) is 5.91 Å². The lowest BCUT2D eigenvalue weighted by Crippen LogP contribution is -2.47. The van der Waals surface area contributed by atoms with E-state index in [4.69, 9.17) is 4.74 Å². The van der Waals surface area contributed by atoms with Gasteiger partial charge in [-0.1, -0.05) is 42.1 Å². The number of hydrogen-bond acceptors (Lipinski definition) is 5. The molecule has 28 heavy (non-hydrogen) atoms. The second-order valence-corrected chi connectivity index (χ2v) is 8.11. The Bertz CT molecular complexity index is 1070. The van der Waals surface area contributed by atoms with Gasteiger partial charge in [0.15, 0.2) is 4.87 Å². The first-order valence-electron chi connectivity index (χ1n) is 9.05. The van der Waals surface area contributed by atoms with Crippen molar-refractivity contribution in [2.45, 2.75) is 29.2 Å². The summed E-state index contributed by atoms with van der Waals surface area (Å²) in [6.45, 7) is 0.117. The zero-order valence-electron chi connectivity index (χ0n) is 14.9. The van der Waals surface area contributed by atoms with Gasteiger partial charge in [-0.3, -0.25) is 9.69 Å². The van der Waals surface area contributed by atoms with Gasteiger partial charge < -0.3 is 4.74 Å². The van der Waals surface area contributed by atoms with Crippen LogP contribution in [0.25, 0.3) is 5.69 Å². The molecule has 0 spiro atoms. The minimum absolute atomic E-state index is 0.0358. The Morgan fingerprint density at radius 1 is 1.14 bits per heavy atom. The summed E-state index contributed by atoms with van der Waals surface area (Å²) in [6.07, 6.45) is 4.33. The van der Waals surface area contributed by atoms with Crippen LogP contribution < -0.4 is 4.90 Å². The van der Waals surface area contributed by atoms with Crippen molar-refractivity contribution >= 4 is 29.3 Å². The highest BCUT2D eigenvalue weighted by atomic mass is 32.2. The number of carbonyl (C=O) groups is 2. The van der Waals surface area contributed by atoms with E-state index in [0.717, 1.165) is 21.8 Å². The van der Waals surface area contributed by atoms with E-state index >= 15 is 0 Å². The molecule has 2 aliphatic heterocycles. The Kier molecular flexibility index (Phi) is 3.98. The molecule has 1 saturated heterocycles. The van der Waals surface area contributed by atoms with Crippen molar-refractivity contribution in [3.8, 4) is 5.69 Å². The Labute approximate surface area is 166 Å². The van der Waals surface area contributed by atoms with Crippen LogP contribution in [0.3, 0.4) is 0 Å². The number of hydrogen-bond donors (Lipinski definition) is 0. The lowest BCUT2D eigenvalue weighted by atomic mass is 10.2. The molecule has 6 nitrogen and oxygen atoms in total. The number of anilines is 1. The molecule has 5 rings (SSSR count). The average molecular weight is 391 g/mol. The third kappa shape index (κ3) is 2.62. The first-order valence-corrected chi connectivity index (χ1v) is 9.86. The molecule has 7 heteroatoms. The minimum Gasteiger partial charge on any atom is -0.458 e. The number of rotatable bonds is 4. The molecular formula is C21H17N3O3S. The number of amides is 1. The third-order valence-electron chi connectivity index (χ3n) is 5.02. The van der Waals surface area contributed by atoms with Gasteiger partial charge in [0.1, 0.15) is 6.61 Å². The fourth-order valence-corrected chi connectivity index (χ4v) is 5.10. The van der Waals surface area contributed by atoms with Gasteiger partial charge in [0.25, 0.3) is 0 Å². The highest BCUT2D eigenvalue weighted by molar-refractivity contribution is 8.02. The maximum atomic E-state index is 13.0. The second-order valence-electron chi connectivity index (χ2n) is 6.79. The zero-order valence-corrected chi connectivity index (χ0v) is 15.8. The fraction of sp³-hybridized carbons (Fsp3) is 0.190. The normalized spacial score (nSPS) is 20.1. The molecule has 2 aliphatic rings. The van der Waals surface area contributed by atoms with E-state index in [-0.39, 0.29) is 18.5 Å². The minimum atomic E-state index is -0.990. The van der Waals surface area contributed by atoms with Crippen LogP contribution in [0.1, 0.15) is 18.4 Å². The topological polar surface area (TPSA) is 64.4 Å².